The molecular weight excluding hydrogens is 280 g/mol. The standard InChI is InChI=1S/C12H20N4O3S/c1-7(2)16-6-10(5-11(16)17)15-20(18,19)12-8(3)13-14-9(12)4/h7,10,15H,5-6H2,1-4H3,(H,13,14). The number of H-pyrrole nitrogens is 1. The van der Waals surface area contributed by atoms with E-state index in [0.29, 0.717) is 17.9 Å². The predicted molar refractivity (Wildman–Crippen MR) is 73.6 cm³/mol. The van der Waals surface area contributed by atoms with Gasteiger partial charge in [-0.2, -0.15) is 5.10 Å². The predicted octanol–water partition coefficient (Wildman–Crippen LogP) is 0.314. The summed E-state index contributed by atoms with van der Waals surface area (Å²) in [4.78, 5) is 13.7. The minimum absolute atomic E-state index is 0.0201. The Hall–Kier alpha value is -1.41. The van der Waals surface area contributed by atoms with E-state index in [2.05, 4.69) is 14.9 Å². The first-order chi connectivity index (χ1) is 9.22. The van der Waals surface area contributed by atoms with E-state index < -0.39 is 10.0 Å². The molecule has 1 aromatic heterocycles. The second-order valence-electron chi connectivity index (χ2n) is 5.43. The third-order valence-corrected chi connectivity index (χ3v) is 5.22. The van der Waals surface area contributed by atoms with E-state index in [9.17, 15) is 13.2 Å². The van der Waals surface area contributed by atoms with Gasteiger partial charge in [0.25, 0.3) is 0 Å². The molecule has 1 aromatic rings. The summed E-state index contributed by atoms with van der Waals surface area (Å²) in [5, 5.41) is 6.55. The number of likely N-dealkylation sites (tertiary alicyclic amines) is 1. The fourth-order valence-electron chi connectivity index (χ4n) is 2.52. The number of amides is 1. The Bertz CT molecular complexity index is 601. The van der Waals surface area contributed by atoms with Crippen molar-refractivity contribution < 1.29 is 13.2 Å². The van der Waals surface area contributed by atoms with E-state index in [1.54, 1.807) is 18.7 Å². The molecule has 1 aliphatic rings. The van der Waals surface area contributed by atoms with Gasteiger partial charge in [-0.1, -0.05) is 0 Å². The summed E-state index contributed by atoms with van der Waals surface area (Å²) in [5.74, 6) is -0.0201. The van der Waals surface area contributed by atoms with Crippen molar-refractivity contribution >= 4 is 15.9 Å². The number of aromatic amines is 1. The van der Waals surface area contributed by atoms with Crippen LogP contribution >= 0.6 is 0 Å². The molecule has 0 saturated carbocycles. The molecule has 2 rings (SSSR count). The van der Waals surface area contributed by atoms with Gasteiger partial charge >= 0.3 is 0 Å². The largest absolute Gasteiger partial charge is 0.339 e. The molecule has 1 amide bonds. The van der Waals surface area contributed by atoms with Crippen molar-refractivity contribution in [1.82, 2.24) is 19.8 Å². The molecule has 2 N–H and O–H groups in total. The van der Waals surface area contributed by atoms with Crippen molar-refractivity contribution in [2.75, 3.05) is 6.54 Å². The monoisotopic (exact) mass is 300 g/mol. The Kier molecular flexibility index (Phi) is 3.88. The molecule has 0 radical (unpaired) electrons. The Morgan fingerprint density at radius 1 is 1.40 bits per heavy atom. The number of nitrogens with one attached hydrogen (secondary N) is 2. The summed E-state index contributed by atoms with van der Waals surface area (Å²) < 4.78 is 27.4. The smallest absolute Gasteiger partial charge is 0.244 e. The van der Waals surface area contributed by atoms with Crippen LogP contribution in [-0.2, 0) is 14.8 Å². The number of rotatable bonds is 4. The molecule has 1 aliphatic heterocycles. The molecule has 1 atom stereocenters. The number of hydrogen-bond donors (Lipinski definition) is 2. The van der Waals surface area contributed by atoms with Crippen LogP contribution in [0, 0.1) is 13.8 Å². The van der Waals surface area contributed by atoms with E-state index in [4.69, 9.17) is 0 Å². The third-order valence-electron chi connectivity index (χ3n) is 3.43. The Balaban J connectivity index is 2.17. The molecule has 8 heteroatoms. The van der Waals surface area contributed by atoms with Gasteiger partial charge in [-0.05, 0) is 27.7 Å². The van der Waals surface area contributed by atoms with Crippen LogP contribution in [0.25, 0.3) is 0 Å². The van der Waals surface area contributed by atoms with E-state index >= 15 is 0 Å². The van der Waals surface area contributed by atoms with Crippen LogP contribution < -0.4 is 4.72 Å². The summed E-state index contributed by atoms with van der Waals surface area (Å²) in [6, 6.07) is -0.307. The van der Waals surface area contributed by atoms with Crippen LogP contribution in [0.3, 0.4) is 0 Å². The Labute approximate surface area is 118 Å². The maximum absolute atomic E-state index is 12.4. The number of aromatic nitrogens is 2. The van der Waals surface area contributed by atoms with Crippen molar-refractivity contribution in [3.8, 4) is 0 Å². The third kappa shape index (κ3) is 2.71. The van der Waals surface area contributed by atoms with Crippen LogP contribution in [0.4, 0.5) is 0 Å². The second-order valence-corrected chi connectivity index (χ2v) is 7.08. The summed E-state index contributed by atoms with van der Waals surface area (Å²) >= 11 is 0. The average Bonchev–Trinajstić information content (AvgIpc) is 2.82. The lowest BCUT2D eigenvalue weighted by atomic mass is 10.3. The summed E-state index contributed by atoms with van der Waals surface area (Å²) in [6.07, 6.45) is 0.202. The first-order valence-corrected chi connectivity index (χ1v) is 8.04. The Morgan fingerprint density at radius 2 is 2.05 bits per heavy atom. The Morgan fingerprint density at radius 3 is 2.50 bits per heavy atom. The molecular formula is C12H20N4O3S. The van der Waals surface area contributed by atoms with E-state index in [-0.39, 0.29) is 29.3 Å². The molecule has 0 aliphatic carbocycles. The molecule has 0 bridgehead atoms. The lowest BCUT2D eigenvalue weighted by Crippen LogP contribution is -2.39. The zero-order chi connectivity index (χ0) is 15.1. The van der Waals surface area contributed by atoms with Crippen molar-refractivity contribution in [2.45, 2.75) is 51.1 Å². The fraction of sp³-hybridized carbons (Fsp3) is 0.667. The highest BCUT2D eigenvalue weighted by Crippen LogP contribution is 2.20. The minimum atomic E-state index is -3.66. The number of nitrogens with zero attached hydrogens (tertiary/aromatic N) is 2. The van der Waals surface area contributed by atoms with Crippen molar-refractivity contribution in [3.63, 3.8) is 0 Å². The lowest BCUT2D eigenvalue weighted by Gasteiger charge is -2.21. The summed E-state index contributed by atoms with van der Waals surface area (Å²) in [5.41, 5.74) is 0.931. The molecule has 1 fully saturated rings. The number of carbonyl (C=O) groups excluding carboxylic acids is 1. The van der Waals surface area contributed by atoms with Crippen molar-refractivity contribution in [1.29, 1.82) is 0 Å². The highest BCUT2D eigenvalue weighted by molar-refractivity contribution is 7.89. The highest BCUT2D eigenvalue weighted by Gasteiger charge is 2.35. The van der Waals surface area contributed by atoms with Crippen molar-refractivity contribution in [3.05, 3.63) is 11.4 Å². The van der Waals surface area contributed by atoms with Crippen molar-refractivity contribution in [2.24, 2.45) is 0 Å². The highest BCUT2D eigenvalue weighted by atomic mass is 32.2. The van der Waals surface area contributed by atoms with Gasteiger partial charge < -0.3 is 4.90 Å². The van der Waals surface area contributed by atoms with Crippen LogP contribution in [-0.4, -0.2) is 48.1 Å². The number of aryl methyl sites for hydroxylation is 2. The quantitative estimate of drug-likeness (QED) is 0.837. The fourth-order valence-corrected chi connectivity index (χ4v) is 4.12. The van der Waals surface area contributed by atoms with Gasteiger partial charge in [0.05, 0.1) is 11.4 Å². The molecule has 20 heavy (non-hydrogen) atoms. The SMILES string of the molecule is Cc1n[nH]c(C)c1S(=O)(=O)NC1CC(=O)N(C(C)C)C1. The van der Waals surface area contributed by atoms with Gasteiger partial charge in [-0.25, -0.2) is 13.1 Å². The van der Waals surface area contributed by atoms with Gasteiger partial charge in [-0.15, -0.1) is 0 Å². The first-order valence-electron chi connectivity index (χ1n) is 6.55. The first kappa shape index (κ1) is 15.0. The number of carbonyl (C=O) groups is 1. The zero-order valence-electron chi connectivity index (χ0n) is 12.1. The van der Waals surface area contributed by atoms with E-state index in [1.165, 1.54) is 0 Å². The normalized spacial score (nSPS) is 20.1. The molecule has 7 nitrogen and oxygen atoms in total. The number of sulfonamides is 1. The molecule has 0 aromatic carbocycles. The van der Waals surface area contributed by atoms with E-state index in [0.717, 1.165) is 0 Å². The molecule has 1 saturated heterocycles. The van der Waals surface area contributed by atoms with Crippen LogP contribution in [0.15, 0.2) is 4.90 Å². The van der Waals surface area contributed by atoms with Crippen LogP contribution in [0.2, 0.25) is 0 Å². The second kappa shape index (κ2) is 5.17. The summed E-state index contributed by atoms with van der Waals surface area (Å²) in [6.45, 7) is 7.54. The van der Waals surface area contributed by atoms with Gasteiger partial charge in [0.1, 0.15) is 4.90 Å². The average molecular weight is 300 g/mol. The number of hydrogen-bond acceptors (Lipinski definition) is 4. The van der Waals surface area contributed by atoms with Crippen LogP contribution in [0.5, 0.6) is 0 Å². The lowest BCUT2D eigenvalue weighted by molar-refractivity contribution is -0.129. The molecule has 2 heterocycles. The van der Waals surface area contributed by atoms with Gasteiger partial charge in [0, 0.05) is 25.0 Å². The maximum Gasteiger partial charge on any atom is 0.244 e. The molecule has 0 spiro atoms. The van der Waals surface area contributed by atoms with Crippen LogP contribution in [0.1, 0.15) is 31.7 Å². The van der Waals surface area contributed by atoms with E-state index in [1.807, 2.05) is 13.8 Å². The molecule has 112 valence electrons. The topological polar surface area (TPSA) is 95.2 Å². The zero-order valence-corrected chi connectivity index (χ0v) is 12.9. The minimum Gasteiger partial charge on any atom is -0.339 e. The van der Waals surface area contributed by atoms with Gasteiger partial charge in [0.15, 0.2) is 0 Å². The maximum atomic E-state index is 12.4. The molecule has 1 unspecified atom stereocenters. The van der Waals surface area contributed by atoms with Gasteiger partial charge in [0.2, 0.25) is 15.9 Å². The summed E-state index contributed by atoms with van der Waals surface area (Å²) in [7, 11) is -3.66. The van der Waals surface area contributed by atoms with Gasteiger partial charge in [-0.3, -0.25) is 9.89 Å².